The molecule has 3 fully saturated rings. The van der Waals surface area contributed by atoms with Gasteiger partial charge >= 0.3 is 0 Å². The van der Waals surface area contributed by atoms with Crippen LogP contribution in [0.1, 0.15) is 39.5 Å². The van der Waals surface area contributed by atoms with Crippen LogP contribution in [0, 0.1) is 17.7 Å². The second-order valence-electron chi connectivity index (χ2n) is 9.97. The van der Waals surface area contributed by atoms with Gasteiger partial charge in [0, 0.05) is 37.3 Å². The molecule has 0 spiro atoms. The van der Waals surface area contributed by atoms with Gasteiger partial charge in [0.15, 0.2) is 0 Å². The number of benzene rings is 1. The van der Waals surface area contributed by atoms with Gasteiger partial charge in [0.1, 0.15) is 11.6 Å². The molecule has 3 aliphatic rings. The average molecular weight is 445 g/mol. The molecule has 3 heterocycles. The first-order valence-corrected chi connectivity index (χ1v) is 11.7. The van der Waals surface area contributed by atoms with Crippen molar-refractivity contribution >= 4 is 17.4 Å². The molecule has 2 aliphatic heterocycles. The van der Waals surface area contributed by atoms with Crippen LogP contribution in [0.2, 0.25) is 5.02 Å². The van der Waals surface area contributed by atoms with E-state index in [9.17, 15) is 4.39 Å². The molecule has 31 heavy (non-hydrogen) atoms. The first-order valence-electron chi connectivity index (χ1n) is 11.3. The normalized spacial score (nSPS) is 30.3. The average Bonchev–Trinajstić information content (AvgIpc) is 3.28. The van der Waals surface area contributed by atoms with Crippen LogP contribution >= 0.6 is 11.6 Å². The van der Waals surface area contributed by atoms with Crippen LogP contribution in [-0.4, -0.2) is 52.5 Å². The molecule has 166 valence electrons. The van der Waals surface area contributed by atoms with Crippen molar-refractivity contribution in [2.75, 3.05) is 25.0 Å². The monoisotopic (exact) mass is 444 g/mol. The Balaban J connectivity index is 1.17. The van der Waals surface area contributed by atoms with E-state index in [0.29, 0.717) is 28.4 Å². The van der Waals surface area contributed by atoms with Crippen molar-refractivity contribution in [3.8, 4) is 11.3 Å². The summed E-state index contributed by atoms with van der Waals surface area (Å²) in [5, 5.41) is 12.6. The Morgan fingerprint density at radius 3 is 2.58 bits per heavy atom. The maximum absolute atomic E-state index is 13.6. The highest BCUT2D eigenvalue weighted by Crippen LogP contribution is 2.41. The summed E-state index contributed by atoms with van der Waals surface area (Å²) in [5.74, 6) is 1.94. The lowest BCUT2D eigenvalue weighted by molar-refractivity contribution is -0.0811. The quantitative estimate of drug-likeness (QED) is 0.717. The lowest BCUT2D eigenvalue weighted by atomic mass is 9.93. The number of hydrogen-bond acceptors (Lipinski definition) is 5. The lowest BCUT2D eigenvalue weighted by Gasteiger charge is -2.40. The van der Waals surface area contributed by atoms with E-state index in [1.165, 1.54) is 38.1 Å². The second kappa shape index (κ2) is 8.30. The van der Waals surface area contributed by atoms with Crippen LogP contribution < -0.4 is 5.32 Å². The number of nitrogens with one attached hydrogen (secondary N) is 1. The molecule has 0 radical (unpaired) electrons. The van der Waals surface area contributed by atoms with Gasteiger partial charge in [-0.2, -0.15) is 0 Å². The molecule has 1 N–H and O–H groups in total. The minimum absolute atomic E-state index is 0.00524. The Hall–Kier alpha value is -1.76. The van der Waals surface area contributed by atoms with Crippen LogP contribution in [0.4, 0.5) is 10.2 Å². The summed E-state index contributed by atoms with van der Waals surface area (Å²) < 4.78 is 19.5. The Morgan fingerprint density at radius 2 is 1.90 bits per heavy atom. The van der Waals surface area contributed by atoms with Crippen LogP contribution in [0.15, 0.2) is 30.3 Å². The molecule has 2 saturated heterocycles. The second-order valence-corrected chi connectivity index (χ2v) is 10.4. The molecule has 2 aromatic rings. The molecule has 0 amide bonds. The minimum atomic E-state index is -0.334. The van der Waals surface area contributed by atoms with Crippen molar-refractivity contribution in [3.63, 3.8) is 0 Å². The first-order chi connectivity index (χ1) is 14.9. The molecule has 1 aliphatic carbocycles. The molecule has 7 heteroatoms. The van der Waals surface area contributed by atoms with Crippen molar-refractivity contribution in [1.29, 1.82) is 0 Å². The van der Waals surface area contributed by atoms with Crippen molar-refractivity contribution in [2.45, 2.75) is 57.2 Å². The number of halogens is 2. The highest BCUT2D eigenvalue weighted by atomic mass is 35.5. The zero-order chi connectivity index (χ0) is 21.6. The van der Waals surface area contributed by atoms with Crippen molar-refractivity contribution < 1.29 is 9.13 Å². The standard InChI is InChI=1S/C24H30ClFN4O/c1-24(2)12-19(7-8-31-24)30-13-15-9-18(10-16(15)14-30)27-23-6-5-22(28-29-23)20-11-17(26)3-4-21(20)25/h3-6,11,15-16,18-19H,7-10,12-14H2,1-2H3,(H,27,29)/t15-,16+,18-,19?. The minimum Gasteiger partial charge on any atom is -0.375 e. The van der Waals surface area contributed by atoms with Gasteiger partial charge < -0.3 is 10.1 Å². The van der Waals surface area contributed by atoms with E-state index in [4.69, 9.17) is 16.3 Å². The first kappa shape index (κ1) is 21.1. The van der Waals surface area contributed by atoms with Crippen molar-refractivity contribution in [1.82, 2.24) is 15.1 Å². The Labute approximate surface area is 188 Å². The number of likely N-dealkylation sites (tertiary alicyclic amines) is 1. The Bertz CT molecular complexity index is 924. The number of fused-ring (bicyclic) bond motifs is 1. The van der Waals surface area contributed by atoms with E-state index in [1.807, 2.05) is 12.1 Å². The maximum atomic E-state index is 13.6. The third kappa shape index (κ3) is 4.57. The topological polar surface area (TPSA) is 50.3 Å². The molecule has 1 aromatic heterocycles. The fourth-order valence-corrected chi connectivity index (χ4v) is 5.93. The third-order valence-electron chi connectivity index (χ3n) is 7.19. The van der Waals surface area contributed by atoms with Gasteiger partial charge in [-0.3, -0.25) is 4.90 Å². The fourth-order valence-electron chi connectivity index (χ4n) is 5.72. The van der Waals surface area contributed by atoms with Crippen LogP contribution in [0.25, 0.3) is 11.3 Å². The number of anilines is 1. The Morgan fingerprint density at radius 1 is 1.13 bits per heavy atom. The molecule has 1 saturated carbocycles. The molecular weight excluding hydrogens is 415 g/mol. The highest BCUT2D eigenvalue weighted by molar-refractivity contribution is 6.33. The van der Waals surface area contributed by atoms with E-state index in [0.717, 1.165) is 37.1 Å². The van der Waals surface area contributed by atoms with Gasteiger partial charge in [-0.05, 0) is 81.7 Å². The molecule has 1 unspecified atom stereocenters. The summed E-state index contributed by atoms with van der Waals surface area (Å²) in [6.07, 6.45) is 4.63. The molecule has 1 aromatic carbocycles. The zero-order valence-corrected chi connectivity index (χ0v) is 18.9. The number of nitrogens with zero attached hydrogens (tertiary/aromatic N) is 3. The molecule has 0 bridgehead atoms. The number of hydrogen-bond donors (Lipinski definition) is 1. The van der Waals surface area contributed by atoms with E-state index >= 15 is 0 Å². The lowest BCUT2D eigenvalue weighted by Crippen LogP contribution is -2.45. The number of ether oxygens (including phenoxy) is 1. The summed E-state index contributed by atoms with van der Waals surface area (Å²) in [5.41, 5.74) is 1.14. The number of rotatable bonds is 4. The van der Waals surface area contributed by atoms with Gasteiger partial charge in [-0.1, -0.05) is 11.6 Å². The smallest absolute Gasteiger partial charge is 0.148 e. The van der Waals surface area contributed by atoms with Crippen molar-refractivity contribution in [2.24, 2.45) is 11.8 Å². The number of aromatic nitrogens is 2. The molecule has 5 rings (SSSR count). The van der Waals surface area contributed by atoms with Crippen LogP contribution in [0.3, 0.4) is 0 Å². The largest absolute Gasteiger partial charge is 0.375 e. The van der Waals surface area contributed by atoms with Gasteiger partial charge in [0.25, 0.3) is 0 Å². The molecule has 4 atom stereocenters. The molecule has 5 nitrogen and oxygen atoms in total. The van der Waals surface area contributed by atoms with Gasteiger partial charge in [-0.25, -0.2) is 4.39 Å². The predicted octanol–water partition coefficient (Wildman–Crippen LogP) is 5.02. The van der Waals surface area contributed by atoms with Crippen LogP contribution in [0.5, 0.6) is 0 Å². The fraction of sp³-hybridized carbons (Fsp3) is 0.583. The summed E-state index contributed by atoms with van der Waals surface area (Å²) in [6, 6.07) is 9.13. The van der Waals surface area contributed by atoms with E-state index in [1.54, 1.807) is 6.07 Å². The predicted molar refractivity (Wildman–Crippen MR) is 121 cm³/mol. The summed E-state index contributed by atoms with van der Waals surface area (Å²) in [7, 11) is 0. The van der Waals surface area contributed by atoms with E-state index < -0.39 is 0 Å². The van der Waals surface area contributed by atoms with E-state index in [-0.39, 0.29) is 11.4 Å². The summed E-state index contributed by atoms with van der Waals surface area (Å²) >= 11 is 6.18. The van der Waals surface area contributed by atoms with Gasteiger partial charge in [0.2, 0.25) is 0 Å². The van der Waals surface area contributed by atoms with Gasteiger partial charge in [-0.15, -0.1) is 10.2 Å². The summed E-state index contributed by atoms with van der Waals surface area (Å²) in [4.78, 5) is 2.72. The van der Waals surface area contributed by atoms with Crippen LogP contribution in [-0.2, 0) is 4.74 Å². The van der Waals surface area contributed by atoms with Gasteiger partial charge in [0.05, 0.1) is 16.3 Å². The summed E-state index contributed by atoms with van der Waals surface area (Å²) in [6.45, 7) is 7.71. The SMILES string of the molecule is CC1(C)CC(N2C[C@H]3C[C@@H](Nc4ccc(-c5cc(F)ccc5Cl)nn4)C[C@H]3C2)CCO1. The highest BCUT2D eigenvalue weighted by Gasteiger charge is 2.44. The van der Waals surface area contributed by atoms with E-state index in [2.05, 4.69) is 34.3 Å². The Kier molecular flexibility index (Phi) is 5.65. The third-order valence-corrected chi connectivity index (χ3v) is 7.52. The maximum Gasteiger partial charge on any atom is 0.148 e. The molecular formula is C24H30ClFN4O. The zero-order valence-electron chi connectivity index (χ0n) is 18.2. The van der Waals surface area contributed by atoms with Crippen molar-refractivity contribution in [3.05, 3.63) is 41.2 Å².